The van der Waals surface area contributed by atoms with Gasteiger partial charge in [0.15, 0.2) is 0 Å². The van der Waals surface area contributed by atoms with Crippen LogP contribution in [0.15, 0.2) is 72.8 Å². The zero-order valence-electron chi connectivity index (χ0n) is 16.6. The van der Waals surface area contributed by atoms with Crippen molar-refractivity contribution in [3.63, 3.8) is 0 Å². The van der Waals surface area contributed by atoms with E-state index in [1.807, 2.05) is 54.6 Å². The molecule has 3 aromatic rings. The van der Waals surface area contributed by atoms with E-state index < -0.39 is 0 Å². The fraction of sp³-hybridized carbons (Fsp3) is 0.250. The molecule has 0 aliphatic carbocycles. The van der Waals surface area contributed by atoms with Gasteiger partial charge in [-0.25, -0.2) is 0 Å². The lowest BCUT2D eigenvalue weighted by Crippen LogP contribution is -2.53. The zero-order valence-corrected chi connectivity index (χ0v) is 18.9. The number of benzene rings is 3. The second kappa shape index (κ2) is 10.1. The smallest absolute Gasteiger partial charge is 0.0537 e. The molecule has 0 bridgehead atoms. The first-order chi connectivity index (χ1) is 14.6. The highest BCUT2D eigenvalue weighted by atomic mass is 35.5. The topological polar surface area (TPSA) is 9.72 Å². The summed E-state index contributed by atoms with van der Waals surface area (Å²) < 4.78 is 0. The fourth-order valence-corrected chi connectivity index (χ4v) is 4.47. The van der Waals surface area contributed by atoms with Gasteiger partial charge in [-0.2, -0.15) is 0 Å². The van der Waals surface area contributed by atoms with E-state index in [-0.39, 0.29) is 0 Å². The molecule has 156 valence electrons. The Balaban J connectivity index is 1.53. The van der Waals surface area contributed by atoms with Gasteiger partial charge in [0.25, 0.3) is 0 Å². The Morgan fingerprint density at radius 3 is 1.00 bits per heavy atom. The molecule has 0 spiro atoms. The minimum absolute atomic E-state index is 0.789. The molecule has 0 amide bonds. The molecular formula is C24H24Cl3N3. The summed E-state index contributed by atoms with van der Waals surface area (Å²) in [6.45, 7) is 4.90. The molecule has 1 aliphatic heterocycles. The van der Waals surface area contributed by atoms with Crippen molar-refractivity contribution in [3.05, 3.63) is 105 Å². The first-order valence-corrected chi connectivity index (χ1v) is 11.1. The highest BCUT2D eigenvalue weighted by Crippen LogP contribution is 2.24. The first kappa shape index (κ1) is 21.6. The van der Waals surface area contributed by atoms with Gasteiger partial charge in [0.05, 0.1) is 20.0 Å². The van der Waals surface area contributed by atoms with Crippen LogP contribution in [0, 0.1) is 0 Å². The lowest BCUT2D eigenvalue weighted by Gasteiger charge is -2.42. The summed E-state index contributed by atoms with van der Waals surface area (Å²) >= 11 is 19.3. The van der Waals surface area contributed by atoms with Crippen LogP contribution in [0.5, 0.6) is 0 Å². The number of nitrogens with zero attached hydrogens (tertiary/aromatic N) is 3. The predicted octanol–water partition coefficient (Wildman–Crippen LogP) is 6.34. The van der Waals surface area contributed by atoms with E-state index in [0.717, 1.165) is 71.4 Å². The SMILES string of the molecule is Clc1ccccc1CN1CN(Cc2ccccc2Cl)CN(Cc2ccccc2Cl)C1. The van der Waals surface area contributed by atoms with Crippen molar-refractivity contribution in [2.75, 3.05) is 20.0 Å². The summed E-state index contributed by atoms with van der Waals surface area (Å²) in [5.41, 5.74) is 3.41. The molecule has 4 rings (SSSR count). The van der Waals surface area contributed by atoms with E-state index in [0.29, 0.717) is 0 Å². The summed E-state index contributed by atoms with van der Waals surface area (Å²) in [5, 5.41) is 2.41. The molecule has 0 aromatic heterocycles. The van der Waals surface area contributed by atoms with Crippen LogP contribution < -0.4 is 0 Å². The maximum Gasteiger partial charge on any atom is 0.0537 e. The molecule has 0 N–H and O–H groups in total. The van der Waals surface area contributed by atoms with Crippen molar-refractivity contribution >= 4 is 34.8 Å². The summed E-state index contributed by atoms with van der Waals surface area (Å²) in [5.74, 6) is 0. The van der Waals surface area contributed by atoms with Gasteiger partial charge in [0.2, 0.25) is 0 Å². The molecule has 1 heterocycles. The second-order valence-corrected chi connectivity index (χ2v) is 8.91. The Labute approximate surface area is 193 Å². The molecule has 3 aromatic carbocycles. The summed E-state index contributed by atoms with van der Waals surface area (Å²) in [6.07, 6.45) is 0. The molecule has 0 saturated carbocycles. The van der Waals surface area contributed by atoms with Crippen LogP contribution in [0.25, 0.3) is 0 Å². The van der Waals surface area contributed by atoms with E-state index in [9.17, 15) is 0 Å². The number of halogens is 3. The summed E-state index contributed by atoms with van der Waals surface area (Å²) in [4.78, 5) is 7.20. The average molecular weight is 461 g/mol. The molecule has 3 nitrogen and oxygen atoms in total. The standard InChI is InChI=1S/C24H24Cl3N3/c25-22-10-4-1-7-19(22)13-28-16-29(14-20-8-2-5-11-23(20)26)18-30(17-28)15-21-9-3-6-12-24(21)27/h1-12H,13-18H2. The van der Waals surface area contributed by atoms with E-state index in [1.54, 1.807) is 0 Å². The highest BCUT2D eigenvalue weighted by Gasteiger charge is 2.25. The Kier molecular flexibility index (Phi) is 7.32. The van der Waals surface area contributed by atoms with Crippen LogP contribution >= 0.6 is 34.8 Å². The number of hydrogen-bond donors (Lipinski definition) is 0. The summed E-state index contributed by atoms with van der Waals surface area (Å²) in [7, 11) is 0. The molecule has 6 heteroatoms. The lowest BCUT2D eigenvalue weighted by atomic mass is 10.2. The van der Waals surface area contributed by atoms with Crippen molar-refractivity contribution in [1.29, 1.82) is 0 Å². The third-order valence-electron chi connectivity index (χ3n) is 5.26. The third kappa shape index (κ3) is 5.55. The van der Waals surface area contributed by atoms with Gasteiger partial charge in [-0.1, -0.05) is 89.4 Å². The van der Waals surface area contributed by atoms with E-state index in [1.165, 1.54) is 0 Å². The summed E-state index contributed by atoms with van der Waals surface area (Å²) in [6, 6.07) is 24.1. The Morgan fingerprint density at radius 2 is 0.733 bits per heavy atom. The molecule has 0 atom stereocenters. The van der Waals surface area contributed by atoms with Crippen molar-refractivity contribution in [2.24, 2.45) is 0 Å². The molecule has 1 fully saturated rings. The van der Waals surface area contributed by atoms with E-state index >= 15 is 0 Å². The van der Waals surface area contributed by atoms with Crippen molar-refractivity contribution in [1.82, 2.24) is 14.7 Å². The minimum Gasteiger partial charge on any atom is -0.273 e. The van der Waals surface area contributed by atoms with E-state index in [2.05, 4.69) is 32.9 Å². The Hall–Kier alpha value is -1.59. The van der Waals surface area contributed by atoms with Gasteiger partial charge >= 0.3 is 0 Å². The van der Waals surface area contributed by atoms with Gasteiger partial charge < -0.3 is 0 Å². The fourth-order valence-electron chi connectivity index (χ4n) is 3.89. The highest BCUT2D eigenvalue weighted by molar-refractivity contribution is 6.31. The average Bonchev–Trinajstić information content (AvgIpc) is 2.73. The molecule has 0 unspecified atom stereocenters. The molecule has 0 radical (unpaired) electrons. The Bertz CT molecular complexity index is 861. The monoisotopic (exact) mass is 459 g/mol. The maximum absolute atomic E-state index is 6.43. The molecule has 30 heavy (non-hydrogen) atoms. The number of hydrogen-bond acceptors (Lipinski definition) is 3. The van der Waals surface area contributed by atoms with Crippen molar-refractivity contribution in [3.8, 4) is 0 Å². The van der Waals surface area contributed by atoms with Crippen LogP contribution in [0.3, 0.4) is 0 Å². The first-order valence-electron chi connectivity index (χ1n) is 9.96. The van der Waals surface area contributed by atoms with Gasteiger partial charge in [0.1, 0.15) is 0 Å². The quantitative estimate of drug-likeness (QED) is 0.425. The number of rotatable bonds is 6. The normalized spacial score (nSPS) is 16.1. The predicted molar refractivity (Wildman–Crippen MR) is 126 cm³/mol. The zero-order chi connectivity index (χ0) is 20.9. The van der Waals surface area contributed by atoms with Gasteiger partial charge in [-0.05, 0) is 34.9 Å². The van der Waals surface area contributed by atoms with Crippen molar-refractivity contribution in [2.45, 2.75) is 19.6 Å². The van der Waals surface area contributed by atoms with E-state index in [4.69, 9.17) is 34.8 Å². The second-order valence-electron chi connectivity index (χ2n) is 7.69. The third-order valence-corrected chi connectivity index (χ3v) is 6.36. The molecular weight excluding hydrogens is 437 g/mol. The van der Waals surface area contributed by atoms with Gasteiger partial charge in [0, 0.05) is 34.7 Å². The van der Waals surface area contributed by atoms with Crippen LogP contribution in [-0.4, -0.2) is 34.7 Å². The largest absolute Gasteiger partial charge is 0.273 e. The van der Waals surface area contributed by atoms with Crippen LogP contribution in [0.2, 0.25) is 15.1 Å². The minimum atomic E-state index is 0.789. The van der Waals surface area contributed by atoms with Gasteiger partial charge in [-0.15, -0.1) is 0 Å². The van der Waals surface area contributed by atoms with Crippen molar-refractivity contribution < 1.29 is 0 Å². The van der Waals surface area contributed by atoms with Crippen LogP contribution in [0.1, 0.15) is 16.7 Å². The van der Waals surface area contributed by atoms with Gasteiger partial charge in [-0.3, -0.25) is 14.7 Å². The molecule has 1 aliphatic rings. The lowest BCUT2D eigenvalue weighted by molar-refractivity contribution is -0.0421. The van der Waals surface area contributed by atoms with Crippen LogP contribution in [-0.2, 0) is 19.6 Å². The Morgan fingerprint density at radius 1 is 0.467 bits per heavy atom. The van der Waals surface area contributed by atoms with Crippen LogP contribution in [0.4, 0.5) is 0 Å². The maximum atomic E-state index is 6.43. The molecule has 1 saturated heterocycles.